The number of aliphatic hydroxyl groups excluding tert-OH is 7. The van der Waals surface area contributed by atoms with Crippen LogP contribution in [0, 0.1) is 0 Å². The van der Waals surface area contributed by atoms with Gasteiger partial charge in [0.25, 0.3) is 0 Å². The van der Waals surface area contributed by atoms with Gasteiger partial charge < -0.3 is 45.2 Å². The van der Waals surface area contributed by atoms with E-state index in [4.69, 9.17) is 9.47 Å². The number of methoxy groups -OCH3 is 1. The highest BCUT2D eigenvalue weighted by molar-refractivity contribution is 4.97. The fraction of sp³-hybridized carbons (Fsp3) is 1.00. The van der Waals surface area contributed by atoms with Crippen molar-refractivity contribution in [2.75, 3.05) is 26.8 Å². The molecule has 10 heteroatoms. The molecule has 10 nitrogen and oxygen atoms in total. The highest BCUT2D eigenvalue weighted by Gasteiger charge is 2.47. The molecule has 0 bridgehead atoms. The van der Waals surface area contributed by atoms with Crippen LogP contribution in [0.1, 0.15) is 0 Å². The van der Waals surface area contributed by atoms with Gasteiger partial charge in [0.15, 0.2) is 6.29 Å². The fourth-order valence-corrected chi connectivity index (χ4v) is 3.08. The van der Waals surface area contributed by atoms with Crippen LogP contribution in [0.5, 0.6) is 0 Å². The lowest BCUT2D eigenvalue weighted by atomic mass is 9.92. The first-order valence-electron chi connectivity index (χ1n) is 7.43. The van der Waals surface area contributed by atoms with Gasteiger partial charge >= 0.3 is 0 Å². The van der Waals surface area contributed by atoms with Gasteiger partial charge in [0, 0.05) is 20.2 Å². The molecule has 9 atom stereocenters. The summed E-state index contributed by atoms with van der Waals surface area (Å²) in [5.41, 5.74) is 0. The van der Waals surface area contributed by atoms with Crippen molar-refractivity contribution in [2.24, 2.45) is 0 Å². The zero-order valence-corrected chi connectivity index (χ0v) is 12.7. The summed E-state index contributed by atoms with van der Waals surface area (Å²) in [6.45, 7) is -0.601. The lowest BCUT2D eigenvalue weighted by molar-refractivity contribution is -0.294. The molecule has 7 N–H and O–H groups in total. The predicted molar refractivity (Wildman–Crippen MR) is 74.2 cm³/mol. The minimum absolute atomic E-state index is 0.0587. The van der Waals surface area contributed by atoms with E-state index >= 15 is 0 Å². The van der Waals surface area contributed by atoms with Gasteiger partial charge in [0.1, 0.15) is 36.6 Å². The van der Waals surface area contributed by atoms with E-state index < -0.39 is 61.7 Å². The Bertz CT molecular complexity index is 384. The summed E-state index contributed by atoms with van der Waals surface area (Å²) in [6.07, 6.45) is -10.5. The molecule has 0 radical (unpaired) electrons. The van der Waals surface area contributed by atoms with Crippen molar-refractivity contribution in [2.45, 2.75) is 55.1 Å². The molecule has 0 aromatic carbocycles. The van der Waals surface area contributed by atoms with E-state index in [0.717, 1.165) is 0 Å². The van der Waals surface area contributed by atoms with Crippen LogP contribution in [0.25, 0.3) is 0 Å². The molecular formula is C13H25NO9. The van der Waals surface area contributed by atoms with Crippen LogP contribution < -0.4 is 0 Å². The molecule has 136 valence electrons. The summed E-state index contributed by atoms with van der Waals surface area (Å²) in [5.74, 6) is 0. The molecule has 0 aromatic heterocycles. The molecule has 0 spiro atoms. The number of β-amino-alcohol motifs (C(OH)–C–C–N with tert-alkyl or cyclic N) is 1. The summed E-state index contributed by atoms with van der Waals surface area (Å²) in [4.78, 5) is 1.45. The van der Waals surface area contributed by atoms with Gasteiger partial charge in [-0.3, -0.25) is 4.90 Å². The van der Waals surface area contributed by atoms with E-state index in [0.29, 0.717) is 0 Å². The maximum absolute atomic E-state index is 10.0. The van der Waals surface area contributed by atoms with E-state index in [1.165, 1.54) is 12.0 Å². The number of piperidine rings is 1. The van der Waals surface area contributed by atoms with Gasteiger partial charge in [-0.1, -0.05) is 0 Å². The van der Waals surface area contributed by atoms with Gasteiger partial charge in [0.2, 0.25) is 0 Å². The first kappa shape index (κ1) is 18.9. The van der Waals surface area contributed by atoms with Crippen LogP contribution in [-0.2, 0) is 9.47 Å². The molecule has 0 amide bonds. The van der Waals surface area contributed by atoms with Gasteiger partial charge in [-0.05, 0) is 0 Å². The summed E-state index contributed by atoms with van der Waals surface area (Å²) in [7, 11) is 1.27. The van der Waals surface area contributed by atoms with E-state index in [9.17, 15) is 35.7 Å². The Kier molecular flexibility index (Phi) is 6.30. The maximum Gasteiger partial charge on any atom is 0.186 e. The lowest BCUT2D eigenvalue weighted by Gasteiger charge is -2.46. The Labute approximate surface area is 133 Å². The van der Waals surface area contributed by atoms with E-state index in [1.807, 2.05) is 0 Å². The van der Waals surface area contributed by atoms with Crippen LogP contribution in [0.3, 0.4) is 0 Å². The minimum Gasteiger partial charge on any atom is -0.395 e. The second-order valence-electron chi connectivity index (χ2n) is 6.00. The third-order valence-electron chi connectivity index (χ3n) is 4.53. The summed E-state index contributed by atoms with van der Waals surface area (Å²) >= 11 is 0. The molecule has 2 fully saturated rings. The standard InChI is InChI=1S/C13H25NO9/c1-22-13-12(21)11(20)10(19)7(23-13)3-14-2-6(16)9(18)8(17)5(14)4-15/h5-13,15-21H,2-4H2,1H3/t5?,6-,7+,8?,9+,10+,11-,12+,13-/m0/s1. The average Bonchev–Trinajstić information content (AvgIpc) is 2.53. The molecule has 0 saturated carbocycles. The number of ether oxygens (including phenoxy) is 2. The van der Waals surface area contributed by atoms with E-state index in [-0.39, 0.29) is 13.1 Å². The molecule has 2 heterocycles. The molecule has 0 aromatic rings. The summed E-state index contributed by atoms with van der Waals surface area (Å²) in [5, 5.41) is 68.4. The molecule has 0 aliphatic carbocycles. The van der Waals surface area contributed by atoms with Crippen molar-refractivity contribution in [3.8, 4) is 0 Å². The lowest BCUT2D eigenvalue weighted by Crippen LogP contribution is -2.66. The van der Waals surface area contributed by atoms with E-state index in [2.05, 4.69) is 0 Å². The Hall–Kier alpha value is -0.400. The number of aliphatic hydroxyl groups is 7. The summed E-state index contributed by atoms with van der Waals surface area (Å²) < 4.78 is 10.3. The number of likely N-dealkylation sites (tertiary alicyclic amines) is 1. The third-order valence-corrected chi connectivity index (χ3v) is 4.53. The van der Waals surface area contributed by atoms with Crippen molar-refractivity contribution in [1.29, 1.82) is 0 Å². The maximum atomic E-state index is 10.0. The average molecular weight is 339 g/mol. The second-order valence-corrected chi connectivity index (χ2v) is 6.00. The van der Waals surface area contributed by atoms with Gasteiger partial charge in [-0.2, -0.15) is 0 Å². The van der Waals surface area contributed by atoms with Crippen LogP contribution in [0.2, 0.25) is 0 Å². The predicted octanol–water partition coefficient (Wildman–Crippen LogP) is -4.80. The SMILES string of the molecule is CO[C@H]1O[C@H](CN2C[C@H](O)[C@@H](O)C(O)C2CO)[C@@H](O)[C@H](O)[C@H]1O. The Morgan fingerprint density at radius 2 is 1.61 bits per heavy atom. The first-order valence-corrected chi connectivity index (χ1v) is 7.43. The number of hydrogen-bond donors (Lipinski definition) is 7. The van der Waals surface area contributed by atoms with Gasteiger partial charge in [-0.15, -0.1) is 0 Å². The van der Waals surface area contributed by atoms with Crippen LogP contribution in [0.4, 0.5) is 0 Å². The highest BCUT2D eigenvalue weighted by Crippen LogP contribution is 2.25. The van der Waals surface area contributed by atoms with Crippen molar-refractivity contribution in [3.63, 3.8) is 0 Å². The van der Waals surface area contributed by atoms with Gasteiger partial charge in [-0.25, -0.2) is 0 Å². The van der Waals surface area contributed by atoms with Crippen molar-refractivity contribution < 1.29 is 45.2 Å². The van der Waals surface area contributed by atoms with Crippen LogP contribution in [0.15, 0.2) is 0 Å². The van der Waals surface area contributed by atoms with Crippen molar-refractivity contribution in [3.05, 3.63) is 0 Å². The van der Waals surface area contributed by atoms with E-state index in [1.54, 1.807) is 0 Å². The quantitative estimate of drug-likeness (QED) is 0.264. The second kappa shape index (κ2) is 7.66. The molecule has 2 saturated heterocycles. The fourth-order valence-electron chi connectivity index (χ4n) is 3.08. The number of rotatable bonds is 4. The van der Waals surface area contributed by atoms with Crippen LogP contribution >= 0.6 is 0 Å². The molecular weight excluding hydrogens is 314 g/mol. The highest BCUT2D eigenvalue weighted by atomic mass is 16.7. The molecule has 2 aliphatic rings. The largest absolute Gasteiger partial charge is 0.395 e. The monoisotopic (exact) mass is 339 g/mol. The number of nitrogens with zero attached hydrogens (tertiary/aromatic N) is 1. The Balaban J connectivity index is 2.09. The zero-order chi connectivity index (χ0) is 17.3. The third kappa shape index (κ3) is 3.66. The van der Waals surface area contributed by atoms with Crippen molar-refractivity contribution in [1.82, 2.24) is 4.90 Å². The van der Waals surface area contributed by atoms with Crippen LogP contribution in [-0.4, -0.2) is 123 Å². The minimum atomic E-state index is -1.49. The van der Waals surface area contributed by atoms with Gasteiger partial charge in [0.05, 0.1) is 18.8 Å². The smallest absolute Gasteiger partial charge is 0.186 e. The molecule has 2 aliphatic heterocycles. The topological polar surface area (TPSA) is 163 Å². The normalized spacial score (nSPS) is 49.3. The summed E-state index contributed by atoms with van der Waals surface area (Å²) in [6, 6.07) is -0.866. The molecule has 23 heavy (non-hydrogen) atoms. The zero-order valence-electron chi connectivity index (χ0n) is 12.7. The molecule has 2 rings (SSSR count). The van der Waals surface area contributed by atoms with Crippen molar-refractivity contribution >= 4 is 0 Å². The Morgan fingerprint density at radius 3 is 2.17 bits per heavy atom. The first-order chi connectivity index (χ1) is 10.8. The molecule has 2 unspecified atom stereocenters. The number of hydrogen-bond acceptors (Lipinski definition) is 10. The Morgan fingerprint density at radius 1 is 0.957 bits per heavy atom.